The Morgan fingerprint density at radius 1 is 1.42 bits per heavy atom. The van der Waals surface area contributed by atoms with Crippen LogP contribution >= 0.6 is 23.5 Å². The zero-order valence-electron chi connectivity index (χ0n) is 7.71. The lowest BCUT2D eigenvalue weighted by Gasteiger charge is -1.98. The van der Waals surface area contributed by atoms with Crippen molar-refractivity contribution in [2.24, 2.45) is 4.99 Å². The molecule has 1 aliphatic rings. The maximum Gasteiger partial charge on any atom is 0.124 e. The van der Waals surface area contributed by atoms with E-state index in [1.165, 1.54) is 41.6 Å². The van der Waals surface area contributed by atoms with Gasteiger partial charge in [-0.15, -0.1) is 0 Å². The molecule has 0 N–H and O–H groups in total. The lowest BCUT2D eigenvalue weighted by atomic mass is 10.2. The van der Waals surface area contributed by atoms with E-state index in [0.717, 1.165) is 6.54 Å². The standard InChI is InChI=1S/C9H17NS2/c1-2-3-4-5-7-11-9-10-6-8-12-9/h2-8H2,1H3. The first kappa shape index (κ1) is 10.5. The van der Waals surface area contributed by atoms with E-state index in [1.54, 1.807) is 0 Å². The quantitative estimate of drug-likeness (QED) is 0.635. The lowest BCUT2D eigenvalue weighted by Crippen LogP contribution is -1.85. The van der Waals surface area contributed by atoms with Crippen molar-refractivity contribution in [3.63, 3.8) is 0 Å². The predicted octanol–water partition coefficient (Wildman–Crippen LogP) is 3.40. The van der Waals surface area contributed by atoms with Crippen LogP contribution in [0.5, 0.6) is 0 Å². The first-order valence-electron chi connectivity index (χ1n) is 4.73. The minimum absolute atomic E-state index is 1.04. The van der Waals surface area contributed by atoms with Crippen LogP contribution < -0.4 is 0 Å². The van der Waals surface area contributed by atoms with Gasteiger partial charge in [-0.2, -0.15) is 0 Å². The maximum absolute atomic E-state index is 4.40. The third kappa shape index (κ3) is 4.41. The second kappa shape index (κ2) is 6.84. The molecular weight excluding hydrogens is 186 g/mol. The Kier molecular flexibility index (Phi) is 5.96. The van der Waals surface area contributed by atoms with Crippen molar-refractivity contribution in [1.29, 1.82) is 0 Å². The molecule has 70 valence electrons. The zero-order chi connectivity index (χ0) is 8.65. The molecule has 0 aromatic rings. The smallest absolute Gasteiger partial charge is 0.124 e. The van der Waals surface area contributed by atoms with E-state index in [1.807, 2.05) is 23.5 Å². The third-order valence-corrected chi connectivity index (χ3v) is 4.12. The van der Waals surface area contributed by atoms with Gasteiger partial charge in [0.25, 0.3) is 0 Å². The molecular formula is C9H17NS2. The maximum atomic E-state index is 4.40. The first-order valence-corrected chi connectivity index (χ1v) is 6.70. The molecule has 3 heteroatoms. The van der Waals surface area contributed by atoms with Gasteiger partial charge in [0.1, 0.15) is 4.38 Å². The highest BCUT2D eigenvalue weighted by Crippen LogP contribution is 2.22. The zero-order valence-corrected chi connectivity index (χ0v) is 9.35. The molecule has 12 heavy (non-hydrogen) atoms. The van der Waals surface area contributed by atoms with Crippen molar-refractivity contribution in [1.82, 2.24) is 0 Å². The van der Waals surface area contributed by atoms with E-state index in [-0.39, 0.29) is 0 Å². The van der Waals surface area contributed by atoms with Crippen LogP contribution in [0.4, 0.5) is 0 Å². The van der Waals surface area contributed by atoms with Crippen LogP contribution in [0.3, 0.4) is 0 Å². The van der Waals surface area contributed by atoms with Gasteiger partial charge in [0.15, 0.2) is 0 Å². The van der Waals surface area contributed by atoms with Crippen molar-refractivity contribution in [3.8, 4) is 0 Å². The van der Waals surface area contributed by atoms with Gasteiger partial charge in [-0.3, -0.25) is 4.99 Å². The monoisotopic (exact) mass is 203 g/mol. The first-order chi connectivity index (χ1) is 5.93. The van der Waals surface area contributed by atoms with Crippen molar-refractivity contribution < 1.29 is 0 Å². The minimum atomic E-state index is 1.04. The van der Waals surface area contributed by atoms with Crippen molar-refractivity contribution in [2.45, 2.75) is 32.6 Å². The van der Waals surface area contributed by atoms with Gasteiger partial charge in [0, 0.05) is 5.75 Å². The summed E-state index contributed by atoms with van der Waals surface area (Å²) >= 11 is 3.87. The SMILES string of the molecule is CCCCCCSC1=NCCS1. The second-order valence-corrected chi connectivity index (χ2v) is 5.33. The van der Waals surface area contributed by atoms with E-state index in [4.69, 9.17) is 0 Å². The van der Waals surface area contributed by atoms with Crippen LogP contribution in [0.25, 0.3) is 0 Å². The fourth-order valence-electron chi connectivity index (χ4n) is 1.09. The highest BCUT2D eigenvalue weighted by atomic mass is 32.2. The molecule has 0 saturated heterocycles. The Balaban J connectivity index is 1.88. The molecule has 1 rings (SSSR count). The van der Waals surface area contributed by atoms with Crippen LogP contribution in [0.1, 0.15) is 32.6 Å². The van der Waals surface area contributed by atoms with E-state index < -0.39 is 0 Å². The van der Waals surface area contributed by atoms with E-state index in [9.17, 15) is 0 Å². The fourth-order valence-corrected chi connectivity index (χ4v) is 3.17. The third-order valence-electron chi connectivity index (χ3n) is 1.78. The summed E-state index contributed by atoms with van der Waals surface area (Å²) < 4.78 is 1.33. The Morgan fingerprint density at radius 3 is 3.00 bits per heavy atom. The molecule has 0 fully saturated rings. The molecule has 0 aliphatic carbocycles. The molecule has 0 bridgehead atoms. The van der Waals surface area contributed by atoms with Crippen LogP contribution in [0, 0.1) is 0 Å². The molecule has 0 amide bonds. The lowest BCUT2D eigenvalue weighted by molar-refractivity contribution is 0.707. The van der Waals surface area contributed by atoms with Gasteiger partial charge < -0.3 is 0 Å². The van der Waals surface area contributed by atoms with Gasteiger partial charge in [0.05, 0.1) is 6.54 Å². The van der Waals surface area contributed by atoms with Crippen LogP contribution in [0.2, 0.25) is 0 Å². The topological polar surface area (TPSA) is 12.4 Å². The van der Waals surface area contributed by atoms with Gasteiger partial charge in [-0.05, 0) is 12.2 Å². The van der Waals surface area contributed by atoms with Crippen molar-refractivity contribution in [3.05, 3.63) is 0 Å². The summed E-state index contributed by atoms with van der Waals surface area (Å²) in [6, 6.07) is 0. The van der Waals surface area contributed by atoms with Crippen LogP contribution in [0.15, 0.2) is 4.99 Å². The molecule has 0 aromatic carbocycles. The summed E-state index contributed by atoms with van der Waals surface area (Å²) in [4.78, 5) is 4.40. The Bertz CT molecular complexity index is 145. The van der Waals surface area contributed by atoms with Crippen LogP contribution in [-0.4, -0.2) is 22.4 Å². The number of unbranched alkanes of at least 4 members (excludes halogenated alkanes) is 3. The highest BCUT2D eigenvalue weighted by molar-refractivity contribution is 8.39. The predicted molar refractivity (Wildman–Crippen MR) is 61.4 cm³/mol. The Morgan fingerprint density at radius 2 is 2.33 bits per heavy atom. The Labute approximate surface area is 83.8 Å². The molecule has 0 unspecified atom stereocenters. The fraction of sp³-hybridized carbons (Fsp3) is 0.889. The molecule has 1 aliphatic heterocycles. The molecule has 0 spiro atoms. The van der Waals surface area contributed by atoms with Crippen LogP contribution in [-0.2, 0) is 0 Å². The number of rotatable bonds is 5. The van der Waals surface area contributed by atoms with Gasteiger partial charge in [-0.25, -0.2) is 0 Å². The van der Waals surface area contributed by atoms with E-state index in [2.05, 4.69) is 11.9 Å². The molecule has 0 atom stereocenters. The normalized spacial score (nSPS) is 16.6. The Hall–Kier alpha value is 0.370. The van der Waals surface area contributed by atoms with E-state index in [0.29, 0.717) is 0 Å². The molecule has 1 heterocycles. The van der Waals surface area contributed by atoms with Gasteiger partial charge in [0.2, 0.25) is 0 Å². The summed E-state index contributed by atoms with van der Waals surface area (Å²) in [7, 11) is 0. The molecule has 0 radical (unpaired) electrons. The average molecular weight is 203 g/mol. The second-order valence-electron chi connectivity index (χ2n) is 2.91. The summed E-state index contributed by atoms with van der Waals surface area (Å²) in [5.41, 5.74) is 0. The summed E-state index contributed by atoms with van der Waals surface area (Å²) in [5, 5.41) is 0. The number of hydrogen-bond acceptors (Lipinski definition) is 3. The van der Waals surface area contributed by atoms with Crippen molar-refractivity contribution >= 4 is 27.9 Å². The number of hydrogen-bond donors (Lipinski definition) is 0. The summed E-state index contributed by atoms with van der Waals surface area (Å²) in [5.74, 6) is 2.48. The van der Waals surface area contributed by atoms with Gasteiger partial charge in [-0.1, -0.05) is 49.7 Å². The average Bonchev–Trinajstić information content (AvgIpc) is 2.57. The number of aliphatic imine (C=N–C) groups is 1. The number of nitrogens with zero attached hydrogens (tertiary/aromatic N) is 1. The molecule has 0 saturated carbocycles. The molecule has 0 aromatic heterocycles. The highest BCUT2D eigenvalue weighted by Gasteiger charge is 2.06. The van der Waals surface area contributed by atoms with E-state index >= 15 is 0 Å². The summed E-state index contributed by atoms with van der Waals surface area (Å²) in [6.45, 7) is 3.30. The summed E-state index contributed by atoms with van der Waals surface area (Å²) in [6.07, 6.45) is 5.47. The molecule has 1 nitrogen and oxygen atoms in total. The van der Waals surface area contributed by atoms with Gasteiger partial charge >= 0.3 is 0 Å². The largest absolute Gasteiger partial charge is 0.271 e. The minimum Gasteiger partial charge on any atom is -0.271 e. The van der Waals surface area contributed by atoms with Crippen molar-refractivity contribution in [2.75, 3.05) is 18.1 Å². The number of thioether (sulfide) groups is 2.